The number of rotatable bonds is 9. The summed E-state index contributed by atoms with van der Waals surface area (Å²) in [6.45, 7) is 8.81. The van der Waals surface area contributed by atoms with Gasteiger partial charge in [0, 0.05) is 22.5 Å². The van der Waals surface area contributed by atoms with Crippen molar-refractivity contribution in [3.8, 4) is 44.5 Å². The second-order valence-corrected chi connectivity index (χ2v) is 15.0. The minimum Gasteiger partial charge on any atom is -0.310 e. The molecule has 0 saturated carbocycles. The predicted octanol–water partition coefficient (Wildman–Crippen LogP) is 14.7. The normalized spacial score (nSPS) is 12.5. The molecular weight excluding hydrogens is 663 g/mol. The molecular formula is C54H43N. The van der Waals surface area contributed by atoms with Crippen molar-refractivity contribution in [3.05, 3.63) is 229 Å². The summed E-state index contributed by atoms with van der Waals surface area (Å²) in [5.74, 6) is 0. The average Bonchev–Trinajstić information content (AvgIpc) is 3.47. The molecule has 55 heavy (non-hydrogen) atoms. The summed E-state index contributed by atoms with van der Waals surface area (Å²) in [6.07, 6.45) is 2.75. The minimum absolute atomic E-state index is 0.0624. The van der Waals surface area contributed by atoms with Crippen LogP contribution in [0.15, 0.2) is 201 Å². The Kier molecular flexibility index (Phi) is 8.84. The fraction of sp³-hybridized carbons (Fsp3) is 0.0741. The van der Waals surface area contributed by atoms with Crippen molar-refractivity contribution in [2.24, 2.45) is 0 Å². The molecule has 0 spiro atoms. The summed E-state index contributed by atoms with van der Waals surface area (Å²) in [5.41, 5.74) is 19.6. The molecule has 0 bridgehead atoms. The lowest BCUT2D eigenvalue weighted by molar-refractivity contribution is 0.660. The Labute approximate surface area is 325 Å². The fourth-order valence-electron chi connectivity index (χ4n) is 8.56. The first-order chi connectivity index (χ1) is 27.0. The lowest BCUT2D eigenvalue weighted by Crippen LogP contribution is -2.15. The van der Waals surface area contributed by atoms with E-state index in [0.717, 1.165) is 29.0 Å². The summed E-state index contributed by atoms with van der Waals surface area (Å²) in [4.78, 5) is 2.44. The van der Waals surface area contributed by atoms with Gasteiger partial charge >= 0.3 is 0 Å². The quantitative estimate of drug-likeness (QED) is 0.144. The first-order valence-corrected chi connectivity index (χ1v) is 19.2. The van der Waals surface area contributed by atoms with E-state index in [0.29, 0.717) is 0 Å². The van der Waals surface area contributed by atoms with Crippen LogP contribution in [-0.2, 0) is 11.8 Å². The van der Waals surface area contributed by atoms with E-state index in [2.05, 4.69) is 219 Å². The van der Waals surface area contributed by atoms with Crippen LogP contribution >= 0.6 is 0 Å². The van der Waals surface area contributed by atoms with Crippen molar-refractivity contribution in [3.63, 3.8) is 0 Å². The van der Waals surface area contributed by atoms with Gasteiger partial charge in [0.1, 0.15) is 0 Å². The van der Waals surface area contributed by atoms with Crippen LogP contribution in [0.25, 0.3) is 50.6 Å². The Morgan fingerprint density at radius 1 is 0.418 bits per heavy atom. The second kappa shape index (κ2) is 14.3. The third kappa shape index (κ3) is 6.28. The highest BCUT2D eigenvalue weighted by Gasteiger charge is 2.35. The number of hydrogen-bond acceptors (Lipinski definition) is 1. The van der Waals surface area contributed by atoms with E-state index >= 15 is 0 Å². The highest BCUT2D eigenvalue weighted by Crippen LogP contribution is 2.51. The molecule has 264 valence electrons. The maximum absolute atomic E-state index is 4.12. The predicted molar refractivity (Wildman–Crippen MR) is 234 cm³/mol. The topological polar surface area (TPSA) is 3.24 Å². The fourth-order valence-corrected chi connectivity index (χ4v) is 8.56. The zero-order chi connectivity index (χ0) is 37.4. The summed E-state index contributed by atoms with van der Waals surface area (Å²) in [7, 11) is 0. The molecule has 0 atom stereocenters. The van der Waals surface area contributed by atoms with Crippen molar-refractivity contribution >= 4 is 23.1 Å². The van der Waals surface area contributed by atoms with Crippen molar-refractivity contribution in [1.82, 2.24) is 0 Å². The highest BCUT2D eigenvalue weighted by molar-refractivity contribution is 5.89. The second-order valence-electron chi connectivity index (χ2n) is 15.0. The van der Waals surface area contributed by atoms with E-state index in [1.54, 1.807) is 0 Å². The van der Waals surface area contributed by atoms with Crippen LogP contribution in [0, 0.1) is 0 Å². The molecule has 0 aliphatic heterocycles. The van der Waals surface area contributed by atoms with Crippen LogP contribution in [0.3, 0.4) is 0 Å². The maximum Gasteiger partial charge on any atom is 0.0468 e. The van der Waals surface area contributed by atoms with Crippen LogP contribution in [0.1, 0.15) is 41.7 Å². The van der Waals surface area contributed by atoms with E-state index in [9.17, 15) is 0 Å². The molecule has 0 fully saturated rings. The van der Waals surface area contributed by atoms with Gasteiger partial charge in [0.25, 0.3) is 0 Å². The molecule has 0 saturated heterocycles. The number of benzene rings is 8. The van der Waals surface area contributed by atoms with Crippen LogP contribution in [0.4, 0.5) is 17.1 Å². The molecule has 1 heteroatoms. The van der Waals surface area contributed by atoms with Crippen molar-refractivity contribution < 1.29 is 0 Å². The van der Waals surface area contributed by atoms with Gasteiger partial charge in [-0.25, -0.2) is 0 Å². The summed E-state index contributed by atoms with van der Waals surface area (Å²) in [5, 5.41) is 0. The Morgan fingerprint density at radius 3 is 1.73 bits per heavy atom. The zero-order valence-electron chi connectivity index (χ0n) is 31.4. The molecule has 9 rings (SSSR count). The highest BCUT2D eigenvalue weighted by atomic mass is 15.1. The maximum atomic E-state index is 4.12. The van der Waals surface area contributed by atoms with Gasteiger partial charge in [0.15, 0.2) is 0 Å². The SMILES string of the molecule is C=Cc1ccccc1-c1ccccc1Cc1ccc(N(c2cccc(-c3ccccc3)c2)c2ccc3c(c2)-c2ccccc2C3(C)C)cc1-c1ccccc1. The average molecular weight is 706 g/mol. The molecule has 0 radical (unpaired) electrons. The van der Waals surface area contributed by atoms with Gasteiger partial charge in [-0.05, 0) is 115 Å². The van der Waals surface area contributed by atoms with Crippen LogP contribution in [0.5, 0.6) is 0 Å². The van der Waals surface area contributed by atoms with Gasteiger partial charge in [-0.2, -0.15) is 0 Å². The Bertz CT molecular complexity index is 2670. The number of hydrogen-bond donors (Lipinski definition) is 0. The van der Waals surface area contributed by atoms with Gasteiger partial charge < -0.3 is 4.90 Å². The third-order valence-electron chi connectivity index (χ3n) is 11.3. The molecule has 0 N–H and O–H groups in total. The number of nitrogens with zero attached hydrogens (tertiary/aromatic N) is 1. The molecule has 8 aromatic rings. The Hall–Kier alpha value is -6.70. The van der Waals surface area contributed by atoms with Crippen molar-refractivity contribution in [2.75, 3.05) is 4.90 Å². The first kappa shape index (κ1) is 34.1. The monoisotopic (exact) mass is 705 g/mol. The van der Waals surface area contributed by atoms with Crippen LogP contribution in [0.2, 0.25) is 0 Å². The van der Waals surface area contributed by atoms with E-state index < -0.39 is 0 Å². The van der Waals surface area contributed by atoms with E-state index in [4.69, 9.17) is 0 Å². The molecule has 8 aromatic carbocycles. The van der Waals surface area contributed by atoms with Crippen molar-refractivity contribution in [1.29, 1.82) is 0 Å². The van der Waals surface area contributed by atoms with Gasteiger partial charge in [-0.15, -0.1) is 0 Å². The van der Waals surface area contributed by atoms with Crippen LogP contribution < -0.4 is 4.90 Å². The lowest BCUT2D eigenvalue weighted by Gasteiger charge is -2.28. The molecule has 1 nitrogen and oxygen atoms in total. The third-order valence-corrected chi connectivity index (χ3v) is 11.3. The first-order valence-electron chi connectivity index (χ1n) is 19.2. The van der Waals surface area contributed by atoms with Crippen molar-refractivity contribution in [2.45, 2.75) is 25.7 Å². The number of anilines is 3. The molecule has 1 aliphatic rings. The number of fused-ring (bicyclic) bond motifs is 3. The lowest BCUT2D eigenvalue weighted by atomic mass is 9.82. The van der Waals surface area contributed by atoms with E-state index in [1.807, 2.05) is 6.08 Å². The molecule has 1 aliphatic carbocycles. The smallest absolute Gasteiger partial charge is 0.0468 e. The molecule has 0 amide bonds. The molecule has 0 aromatic heterocycles. The van der Waals surface area contributed by atoms with Gasteiger partial charge in [0.2, 0.25) is 0 Å². The molecule has 0 heterocycles. The minimum atomic E-state index is -0.0624. The van der Waals surface area contributed by atoms with E-state index in [1.165, 1.54) is 66.8 Å². The Morgan fingerprint density at radius 2 is 0.964 bits per heavy atom. The summed E-state index contributed by atoms with van der Waals surface area (Å²) < 4.78 is 0. The van der Waals surface area contributed by atoms with Gasteiger partial charge in [-0.3, -0.25) is 0 Å². The summed E-state index contributed by atoms with van der Waals surface area (Å²) in [6, 6.07) is 70.8. The largest absolute Gasteiger partial charge is 0.310 e. The van der Waals surface area contributed by atoms with Gasteiger partial charge in [-0.1, -0.05) is 184 Å². The van der Waals surface area contributed by atoms with Gasteiger partial charge in [0.05, 0.1) is 0 Å². The standard InChI is InChI=1S/C54H43N/c1-4-38-18-11-13-26-47(38)48-27-14-12-23-42(48)34-43-30-31-45(36-50(43)40-21-9-6-10-22-40)55(44-25-17-24-41(35-44)39-19-7-5-8-20-39)46-32-33-53-51(37-46)49-28-15-16-29-52(49)54(53,2)3/h4-33,35-37H,1,34H2,2-3H3. The summed E-state index contributed by atoms with van der Waals surface area (Å²) >= 11 is 0. The Balaban J connectivity index is 1.22. The van der Waals surface area contributed by atoms with E-state index in [-0.39, 0.29) is 5.41 Å². The molecule has 0 unspecified atom stereocenters. The van der Waals surface area contributed by atoms with Crippen LogP contribution in [-0.4, -0.2) is 0 Å². The zero-order valence-corrected chi connectivity index (χ0v) is 31.4.